The first kappa shape index (κ1) is 13.7. The summed E-state index contributed by atoms with van der Waals surface area (Å²) in [7, 11) is 0. The van der Waals surface area contributed by atoms with Crippen molar-refractivity contribution in [3.63, 3.8) is 0 Å². The molecule has 1 aromatic carbocycles. The largest absolute Gasteiger partial charge is 0.291 e. The summed E-state index contributed by atoms with van der Waals surface area (Å²) in [6.07, 6.45) is 0. The van der Waals surface area contributed by atoms with Gasteiger partial charge >= 0.3 is 0 Å². The minimum absolute atomic E-state index is 0.0225. The fourth-order valence-electron chi connectivity index (χ4n) is 1.64. The first-order valence-electron chi connectivity index (χ1n) is 5.34. The fourth-order valence-corrected chi connectivity index (χ4v) is 2.42. The monoisotopic (exact) mass is 294 g/mol. The molecule has 0 saturated heterocycles. The maximum atomic E-state index is 13.9. The molecule has 6 heteroatoms. The number of nitrogens with zero attached hydrogens (tertiary/aromatic N) is 2. The molecule has 0 radical (unpaired) electrons. The van der Waals surface area contributed by atoms with Gasteiger partial charge in [-0.15, -0.1) is 11.3 Å². The zero-order valence-electron chi connectivity index (χ0n) is 9.85. The van der Waals surface area contributed by atoms with Crippen molar-refractivity contribution in [2.45, 2.75) is 12.8 Å². The van der Waals surface area contributed by atoms with Crippen molar-refractivity contribution in [2.24, 2.45) is 0 Å². The van der Waals surface area contributed by atoms with Crippen molar-refractivity contribution in [1.29, 1.82) is 5.26 Å². The van der Waals surface area contributed by atoms with Crippen LogP contribution in [0.4, 0.5) is 4.39 Å². The van der Waals surface area contributed by atoms with Gasteiger partial charge in [0.2, 0.25) is 5.78 Å². The summed E-state index contributed by atoms with van der Waals surface area (Å²) in [6.45, 7) is 1.75. The smallest absolute Gasteiger partial charge is 0.203 e. The summed E-state index contributed by atoms with van der Waals surface area (Å²) in [4.78, 5) is 16.2. The maximum absolute atomic E-state index is 13.9. The van der Waals surface area contributed by atoms with E-state index in [9.17, 15) is 9.18 Å². The Hall–Kier alpha value is -1.77. The van der Waals surface area contributed by atoms with Gasteiger partial charge in [0, 0.05) is 10.9 Å². The van der Waals surface area contributed by atoms with Crippen LogP contribution in [0.1, 0.15) is 27.0 Å². The highest BCUT2D eigenvalue weighted by Gasteiger charge is 2.27. The molecule has 0 amide bonds. The number of nitriles is 1. The molecule has 0 aliphatic heterocycles. The molecule has 1 unspecified atom stereocenters. The molecule has 96 valence electrons. The lowest BCUT2D eigenvalue weighted by Gasteiger charge is -2.08. The van der Waals surface area contributed by atoms with Crippen molar-refractivity contribution in [1.82, 2.24) is 4.98 Å². The third-order valence-corrected chi connectivity index (χ3v) is 3.62. The molecule has 3 nitrogen and oxygen atoms in total. The number of carbonyl (C=O) groups is 1. The van der Waals surface area contributed by atoms with E-state index in [1.165, 1.54) is 29.5 Å². The number of carbonyl (C=O) groups excluding carboxylic acids is 1. The van der Waals surface area contributed by atoms with Gasteiger partial charge in [0.25, 0.3) is 0 Å². The first-order valence-corrected chi connectivity index (χ1v) is 6.60. The molecular formula is C13H8ClFN2OS. The quantitative estimate of drug-likeness (QED) is 0.810. The van der Waals surface area contributed by atoms with E-state index < -0.39 is 17.5 Å². The van der Waals surface area contributed by atoms with Crippen molar-refractivity contribution >= 4 is 28.7 Å². The van der Waals surface area contributed by atoms with Crippen LogP contribution in [0.25, 0.3) is 0 Å². The summed E-state index contributed by atoms with van der Waals surface area (Å²) in [5.74, 6) is -2.50. The number of thiazole rings is 1. The van der Waals surface area contributed by atoms with Gasteiger partial charge in [-0.05, 0) is 13.0 Å². The molecule has 0 spiro atoms. The molecule has 2 aromatic rings. The van der Waals surface area contributed by atoms with Crippen LogP contribution >= 0.6 is 22.9 Å². The normalized spacial score (nSPS) is 11.9. The van der Waals surface area contributed by atoms with Crippen LogP contribution in [0.2, 0.25) is 5.02 Å². The van der Waals surface area contributed by atoms with Gasteiger partial charge in [-0.1, -0.05) is 23.7 Å². The highest BCUT2D eigenvalue weighted by molar-refractivity contribution is 7.09. The second-order valence-electron chi connectivity index (χ2n) is 3.82. The average Bonchev–Trinajstić information content (AvgIpc) is 2.82. The number of ketones is 1. The van der Waals surface area contributed by atoms with E-state index in [1.807, 2.05) is 6.07 Å². The highest BCUT2D eigenvalue weighted by atomic mass is 35.5. The van der Waals surface area contributed by atoms with Gasteiger partial charge in [0.05, 0.1) is 16.1 Å². The van der Waals surface area contributed by atoms with Gasteiger partial charge in [0.1, 0.15) is 17.4 Å². The van der Waals surface area contributed by atoms with E-state index in [1.54, 1.807) is 12.3 Å². The Labute approximate surface area is 118 Å². The van der Waals surface area contributed by atoms with E-state index >= 15 is 0 Å². The maximum Gasteiger partial charge on any atom is 0.203 e. The van der Waals surface area contributed by atoms with E-state index in [4.69, 9.17) is 16.9 Å². The van der Waals surface area contributed by atoms with Gasteiger partial charge in [-0.25, -0.2) is 9.37 Å². The number of Topliss-reactive ketones (excluding diaryl/α,β-unsaturated/α-hetero) is 1. The van der Waals surface area contributed by atoms with Crippen LogP contribution in [0.3, 0.4) is 0 Å². The molecule has 1 heterocycles. The van der Waals surface area contributed by atoms with E-state index in [-0.39, 0.29) is 16.3 Å². The lowest BCUT2D eigenvalue weighted by molar-refractivity contribution is 0.0973. The third kappa shape index (κ3) is 2.65. The molecule has 19 heavy (non-hydrogen) atoms. The van der Waals surface area contributed by atoms with Crippen LogP contribution < -0.4 is 0 Å². The Morgan fingerprint density at radius 1 is 1.58 bits per heavy atom. The molecule has 0 saturated carbocycles. The van der Waals surface area contributed by atoms with Crippen LogP contribution in [-0.4, -0.2) is 10.8 Å². The molecule has 0 aliphatic rings. The summed E-state index contributed by atoms with van der Waals surface area (Å²) in [6, 6.07) is 6.06. The third-order valence-electron chi connectivity index (χ3n) is 2.56. The minimum Gasteiger partial charge on any atom is -0.291 e. The molecule has 0 N–H and O–H groups in total. The molecule has 2 rings (SSSR count). The zero-order chi connectivity index (χ0) is 14.0. The predicted molar refractivity (Wildman–Crippen MR) is 70.9 cm³/mol. The SMILES string of the molecule is Cc1nc(C(=O)C(C#N)c2cccc(Cl)c2F)cs1. The Morgan fingerprint density at radius 2 is 2.32 bits per heavy atom. The van der Waals surface area contributed by atoms with Crippen molar-refractivity contribution < 1.29 is 9.18 Å². The minimum atomic E-state index is -1.24. The van der Waals surface area contributed by atoms with Gasteiger partial charge in [-0.3, -0.25) is 4.79 Å². The van der Waals surface area contributed by atoms with Crippen molar-refractivity contribution in [3.05, 3.63) is 50.7 Å². The predicted octanol–water partition coefficient (Wildman–Crippen LogP) is 3.73. The van der Waals surface area contributed by atoms with Crippen LogP contribution in [-0.2, 0) is 0 Å². The number of hydrogen-bond acceptors (Lipinski definition) is 4. The Morgan fingerprint density at radius 3 is 2.89 bits per heavy atom. The van der Waals surface area contributed by atoms with Crippen molar-refractivity contribution in [3.8, 4) is 6.07 Å². The van der Waals surface area contributed by atoms with Crippen molar-refractivity contribution in [2.75, 3.05) is 0 Å². The number of aryl methyl sites for hydroxylation is 1. The summed E-state index contributed by atoms with van der Waals surface area (Å²) >= 11 is 6.96. The fraction of sp³-hybridized carbons (Fsp3) is 0.154. The topological polar surface area (TPSA) is 53.8 Å². The van der Waals surface area contributed by atoms with Crippen LogP contribution in [0.5, 0.6) is 0 Å². The van der Waals surface area contributed by atoms with Gasteiger partial charge in [0.15, 0.2) is 0 Å². The second-order valence-corrected chi connectivity index (χ2v) is 5.29. The second kappa shape index (κ2) is 5.47. The summed E-state index contributed by atoms with van der Waals surface area (Å²) in [5.41, 5.74) is 0.152. The molecule has 0 aliphatic carbocycles. The number of hydrogen-bond donors (Lipinski definition) is 0. The lowest BCUT2D eigenvalue weighted by Crippen LogP contribution is -2.13. The van der Waals surface area contributed by atoms with Crippen LogP contribution in [0, 0.1) is 24.1 Å². The Kier molecular flexibility index (Phi) is 3.93. The lowest BCUT2D eigenvalue weighted by atomic mass is 9.94. The van der Waals surface area contributed by atoms with Gasteiger partial charge in [-0.2, -0.15) is 5.26 Å². The average molecular weight is 295 g/mol. The zero-order valence-corrected chi connectivity index (χ0v) is 11.4. The van der Waals surface area contributed by atoms with E-state index in [0.717, 1.165) is 0 Å². The Balaban J connectivity index is 2.43. The highest BCUT2D eigenvalue weighted by Crippen LogP contribution is 2.27. The van der Waals surface area contributed by atoms with E-state index in [2.05, 4.69) is 4.98 Å². The standard InChI is InChI=1S/C13H8ClFN2OS/c1-7-17-11(6-19-7)13(18)9(5-16)8-3-2-4-10(14)12(8)15/h2-4,6,9H,1H3. The van der Waals surface area contributed by atoms with Crippen LogP contribution in [0.15, 0.2) is 23.6 Å². The number of halogens is 2. The number of rotatable bonds is 3. The first-order chi connectivity index (χ1) is 9.04. The van der Waals surface area contributed by atoms with E-state index in [0.29, 0.717) is 5.01 Å². The Bertz CT molecular complexity index is 678. The summed E-state index contributed by atoms with van der Waals surface area (Å²) < 4.78 is 13.9. The molecular weight excluding hydrogens is 287 g/mol. The summed E-state index contributed by atoms with van der Waals surface area (Å²) in [5, 5.41) is 11.3. The van der Waals surface area contributed by atoms with Gasteiger partial charge < -0.3 is 0 Å². The number of benzene rings is 1. The molecule has 1 aromatic heterocycles. The molecule has 1 atom stereocenters. The number of aromatic nitrogens is 1. The molecule has 0 bridgehead atoms. The molecule has 0 fully saturated rings.